The Labute approximate surface area is 108 Å². The highest BCUT2D eigenvalue weighted by atomic mass is 35.5. The van der Waals surface area contributed by atoms with Gasteiger partial charge in [-0.3, -0.25) is 0 Å². The molecule has 0 spiro atoms. The van der Waals surface area contributed by atoms with Crippen LogP contribution in [0, 0.1) is 17.1 Å². The number of nitriles is 1. The Morgan fingerprint density at radius 3 is 2.47 bits per heavy atom. The van der Waals surface area contributed by atoms with Crippen LogP contribution >= 0.6 is 23.4 Å². The smallest absolute Gasteiger partial charge is 0.123 e. The number of hydrogen-bond donors (Lipinski definition) is 0. The molecule has 0 saturated carbocycles. The molecule has 0 aliphatic carbocycles. The summed E-state index contributed by atoms with van der Waals surface area (Å²) >= 11 is 7.22. The SMILES string of the molecule is N#Cc1cc(Cl)ccc1Sc1ccc(F)cc1. The number of halogens is 2. The van der Waals surface area contributed by atoms with Crippen LogP contribution in [0.3, 0.4) is 0 Å². The van der Waals surface area contributed by atoms with Crippen LogP contribution in [0.2, 0.25) is 5.02 Å². The minimum Gasteiger partial charge on any atom is -0.207 e. The van der Waals surface area contributed by atoms with Crippen LogP contribution in [0.25, 0.3) is 0 Å². The largest absolute Gasteiger partial charge is 0.207 e. The second-order valence-corrected chi connectivity index (χ2v) is 4.86. The lowest BCUT2D eigenvalue weighted by Gasteiger charge is -2.04. The highest BCUT2D eigenvalue weighted by Gasteiger charge is 2.05. The molecule has 0 aliphatic heterocycles. The van der Waals surface area contributed by atoms with Crippen molar-refractivity contribution in [1.82, 2.24) is 0 Å². The highest BCUT2D eigenvalue weighted by Crippen LogP contribution is 2.31. The molecule has 0 bridgehead atoms. The summed E-state index contributed by atoms with van der Waals surface area (Å²) in [6.45, 7) is 0. The molecule has 2 aromatic rings. The summed E-state index contributed by atoms with van der Waals surface area (Å²) in [6, 6.07) is 13.4. The van der Waals surface area contributed by atoms with Gasteiger partial charge in [0, 0.05) is 14.8 Å². The summed E-state index contributed by atoms with van der Waals surface area (Å²) in [7, 11) is 0. The fraction of sp³-hybridized carbons (Fsp3) is 0. The summed E-state index contributed by atoms with van der Waals surface area (Å²) in [5.41, 5.74) is 0.520. The monoisotopic (exact) mass is 263 g/mol. The molecule has 0 unspecified atom stereocenters. The molecule has 4 heteroatoms. The Kier molecular flexibility index (Phi) is 3.68. The zero-order valence-electron chi connectivity index (χ0n) is 8.65. The lowest BCUT2D eigenvalue weighted by atomic mass is 10.2. The van der Waals surface area contributed by atoms with Crippen molar-refractivity contribution >= 4 is 23.4 Å². The molecule has 0 saturated heterocycles. The average molecular weight is 264 g/mol. The Morgan fingerprint density at radius 1 is 1.12 bits per heavy atom. The van der Waals surface area contributed by atoms with E-state index in [0.29, 0.717) is 10.6 Å². The lowest BCUT2D eigenvalue weighted by Crippen LogP contribution is -1.81. The zero-order chi connectivity index (χ0) is 12.3. The van der Waals surface area contributed by atoms with E-state index in [1.54, 1.807) is 30.3 Å². The first-order valence-corrected chi connectivity index (χ1v) is 6.01. The fourth-order valence-corrected chi connectivity index (χ4v) is 2.36. The average Bonchev–Trinajstić information content (AvgIpc) is 2.34. The standard InChI is InChI=1S/C13H7ClFNS/c14-10-1-6-13(9(7-10)8-16)17-12-4-2-11(15)3-5-12/h1-7H. The van der Waals surface area contributed by atoms with Crippen LogP contribution < -0.4 is 0 Å². The van der Waals surface area contributed by atoms with E-state index < -0.39 is 0 Å². The van der Waals surface area contributed by atoms with Gasteiger partial charge in [0.15, 0.2) is 0 Å². The normalized spacial score (nSPS) is 9.94. The molecule has 2 aromatic carbocycles. The number of rotatable bonds is 2. The summed E-state index contributed by atoms with van der Waals surface area (Å²) in [5, 5.41) is 9.52. The van der Waals surface area contributed by atoms with Crippen molar-refractivity contribution in [2.45, 2.75) is 9.79 Å². The first kappa shape index (κ1) is 12.0. The van der Waals surface area contributed by atoms with E-state index in [2.05, 4.69) is 6.07 Å². The summed E-state index contributed by atoms with van der Waals surface area (Å²) in [6.07, 6.45) is 0. The molecule has 0 atom stereocenters. The van der Waals surface area contributed by atoms with Gasteiger partial charge in [-0.1, -0.05) is 23.4 Å². The summed E-state index contributed by atoms with van der Waals surface area (Å²) < 4.78 is 12.7. The molecule has 0 fully saturated rings. The van der Waals surface area contributed by atoms with E-state index in [4.69, 9.17) is 16.9 Å². The predicted molar refractivity (Wildman–Crippen MR) is 66.7 cm³/mol. The van der Waals surface area contributed by atoms with E-state index >= 15 is 0 Å². The van der Waals surface area contributed by atoms with Crippen LogP contribution in [-0.4, -0.2) is 0 Å². The molecular formula is C13H7ClFNS. The quantitative estimate of drug-likeness (QED) is 0.796. The third-order valence-corrected chi connectivity index (χ3v) is 3.42. The van der Waals surface area contributed by atoms with Crippen molar-refractivity contribution in [1.29, 1.82) is 5.26 Å². The van der Waals surface area contributed by atoms with Gasteiger partial charge < -0.3 is 0 Å². The van der Waals surface area contributed by atoms with Crippen molar-refractivity contribution in [2.75, 3.05) is 0 Å². The van der Waals surface area contributed by atoms with E-state index in [1.807, 2.05) is 0 Å². The van der Waals surface area contributed by atoms with Crippen molar-refractivity contribution in [3.63, 3.8) is 0 Å². The Balaban J connectivity index is 2.30. The van der Waals surface area contributed by atoms with Gasteiger partial charge >= 0.3 is 0 Å². The molecule has 84 valence electrons. The van der Waals surface area contributed by atoms with E-state index in [9.17, 15) is 4.39 Å². The topological polar surface area (TPSA) is 23.8 Å². The molecule has 0 aliphatic rings. The maximum Gasteiger partial charge on any atom is 0.123 e. The van der Waals surface area contributed by atoms with Crippen molar-refractivity contribution < 1.29 is 4.39 Å². The molecule has 0 heterocycles. The highest BCUT2D eigenvalue weighted by molar-refractivity contribution is 7.99. The van der Waals surface area contributed by atoms with Crippen LogP contribution in [0.15, 0.2) is 52.3 Å². The number of benzene rings is 2. The van der Waals surface area contributed by atoms with E-state index in [0.717, 1.165) is 9.79 Å². The lowest BCUT2D eigenvalue weighted by molar-refractivity contribution is 0.626. The molecule has 1 nitrogen and oxygen atoms in total. The molecule has 0 N–H and O–H groups in total. The zero-order valence-corrected chi connectivity index (χ0v) is 10.2. The summed E-state index contributed by atoms with van der Waals surface area (Å²) in [5.74, 6) is -0.272. The Hall–Kier alpha value is -1.50. The molecule has 2 rings (SSSR count). The van der Waals surface area contributed by atoms with Crippen molar-refractivity contribution in [3.8, 4) is 6.07 Å². The second kappa shape index (κ2) is 5.22. The minimum absolute atomic E-state index is 0.272. The van der Waals surface area contributed by atoms with Gasteiger partial charge in [0.2, 0.25) is 0 Å². The van der Waals surface area contributed by atoms with Crippen LogP contribution in [-0.2, 0) is 0 Å². The minimum atomic E-state index is -0.272. The summed E-state index contributed by atoms with van der Waals surface area (Å²) in [4.78, 5) is 1.69. The van der Waals surface area contributed by atoms with Gasteiger partial charge in [-0.2, -0.15) is 5.26 Å². The first-order valence-electron chi connectivity index (χ1n) is 4.82. The van der Waals surface area contributed by atoms with Crippen LogP contribution in [0.1, 0.15) is 5.56 Å². The second-order valence-electron chi connectivity index (χ2n) is 3.31. The van der Waals surface area contributed by atoms with Gasteiger partial charge in [0.05, 0.1) is 5.56 Å². The molecule has 17 heavy (non-hydrogen) atoms. The van der Waals surface area contributed by atoms with Crippen molar-refractivity contribution in [2.24, 2.45) is 0 Å². The predicted octanol–water partition coefficient (Wildman–Crippen LogP) is 4.50. The maximum absolute atomic E-state index is 12.7. The Morgan fingerprint density at radius 2 is 1.82 bits per heavy atom. The molecule has 0 aromatic heterocycles. The third kappa shape index (κ3) is 3.00. The number of hydrogen-bond acceptors (Lipinski definition) is 2. The van der Waals surface area contributed by atoms with E-state index in [1.165, 1.54) is 23.9 Å². The van der Waals surface area contributed by atoms with Gasteiger partial charge in [-0.25, -0.2) is 4.39 Å². The van der Waals surface area contributed by atoms with Crippen LogP contribution in [0.4, 0.5) is 4.39 Å². The molecule has 0 amide bonds. The van der Waals surface area contributed by atoms with E-state index in [-0.39, 0.29) is 5.82 Å². The first-order chi connectivity index (χ1) is 8.19. The van der Waals surface area contributed by atoms with Gasteiger partial charge in [0.25, 0.3) is 0 Å². The fourth-order valence-electron chi connectivity index (χ4n) is 1.31. The van der Waals surface area contributed by atoms with Gasteiger partial charge in [-0.15, -0.1) is 0 Å². The molecular weight excluding hydrogens is 257 g/mol. The van der Waals surface area contributed by atoms with Gasteiger partial charge in [-0.05, 0) is 42.5 Å². The third-order valence-electron chi connectivity index (χ3n) is 2.10. The van der Waals surface area contributed by atoms with Crippen molar-refractivity contribution in [3.05, 3.63) is 58.9 Å². The molecule has 0 radical (unpaired) electrons. The van der Waals surface area contributed by atoms with Gasteiger partial charge in [0.1, 0.15) is 11.9 Å². The Bertz CT molecular complexity index is 575. The number of nitrogens with zero attached hydrogens (tertiary/aromatic N) is 1. The maximum atomic E-state index is 12.7. The van der Waals surface area contributed by atoms with Crippen LogP contribution in [0.5, 0.6) is 0 Å².